The van der Waals surface area contributed by atoms with Crippen LogP contribution in [-0.4, -0.2) is 53.0 Å². The van der Waals surface area contributed by atoms with E-state index in [1.807, 2.05) is 27.7 Å². The van der Waals surface area contributed by atoms with Crippen LogP contribution in [0.2, 0.25) is 0 Å². The molecule has 4 rings (SSSR count). The van der Waals surface area contributed by atoms with Gasteiger partial charge in [0.1, 0.15) is 17.5 Å². The molecular weight excluding hydrogens is 441 g/mol. The van der Waals surface area contributed by atoms with Crippen molar-refractivity contribution in [2.24, 2.45) is 17.8 Å². The highest BCUT2D eigenvalue weighted by Crippen LogP contribution is 2.43. The van der Waals surface area contributed by atoms with Crippen molar-refractivity contribution in [2.75, 3.05) is 26.2 Å². The molecule has 0 aliphatic carbocycles. The lowest BCUT2D eigenvalue weighted by molar-refractivity contribution is -0.152. The third-order valence-electron chi connectivity index (χ3n) is 7.85. The maximum atomic E-state index is 14.7. The van der Waals surface area contributed by atoms with Gasteiger partial charge in [-0.2, -0.15) is 0 Å². The summed E-state index contributed by atoms with van der Waals surface area (Å²) in [4.78, 5) is 17.7. The number of rotatable bonds is 4. The smallest absolute Gasteiger partial charge is 0.227 e. The number of carbonyl (C=O) groups is 1. The van der Waals surface area contributed by atoms with E-state index in [0.29, 0.717) is 37.3 Å². The first kappa shape index (κ1) is 24.7. The molecular formula is C27H33F3N2O2. The molecule has 4 nitrogen and oxygen atoms in total. The molecule has 5 atom stereocenters. The maximum absolute atomic E-state index is 14.7. The Kier molecular flexibility index (Phi) is 6.80. The Morgan fingerprint density at radius 2 is 1.62 bits per heavy atom. The molecule has 1 N–H and O–H groups in total. The van der Waals surface area contributed by atoms with Gasteiger partial charge in [-0.1, -0.05) is 32.0 Å². The van der Waals surface area contributed by atoms with Crippen LogP contribution in [0.5, 0.6) is 0 Å². The Balaban J connectivity index is 1.60. The summed E-state index contributed by atoms with van der Waals surface area (Å²) in [5, 5.41) is 11.6. The van der Waals surface area contributed by atoms with Gasteiger partial charge >= 0.3 is 0 Å². The number of halogens is 3. The first-order chi connectivity index (χ1) is 16.0. The number of piperidine rings is 1. The minimum Gasteiger partial charge on any atom is -0.384 e. The molecule has 7 heteroatoms. The van der Waals surface area contributed by atoms with Gasteiger partial charge in [0.2, 0.25) is 5.91 Å². The number of amides is 1. The second-order valence-corrected chi connectivity index (χ2v) is 10.3. The minimum atomic E-state index is -1.26. The predicted octanol–water partition coefficient (Wildman–Crippen LogP) is 4.53. The fourth-order valence-electron chi connectivity index (χ4n) is 5.84. The predicted molar refractivity (Wildman–Crippen MR) is 125 cm³/mol. The molecule has 184 valence electrons. The molecule has 34 heavy (non-hydrogen) atoms. The molecule has 0 saturated carbocycles. The lowest BCUT2D eigenvalue weighted by Crippen LogP contribution is -2.57. The van der Waals surface area contributed by atoms with E-state index < -0.39 is 29.0 Å². The number of aliphatic hydroxyl groups is 1. The van der Waals surface area contributed by atoms with Crippen LogP contribution in [0.15, 0.2) is 42.5 Å². The molecule has 0 aromatic heterocycles. The second kappa shape index (κ2) is 9.34. The van der Waals surface area contributed by atoms with Crippen molar-refractivity contribution in [3.63, 3.8) is 0 Å². The summed E-state index contributed by atoms with van der Waals surface area (Å²) in [7, 11) is 0. The molecule has 2 aromatic carbocycles. The summed E-state index contributed by atoms with van der Waals surface area (Å²) in [6.45, 7) is 9.44. The van der Waals surface area contributed by atoms with Gasteiger partial charge < -0.3 is 10.0 Å². The average Bonchev–Trinajstić information content (AvgIpc) is 3.22. The molecule has 2 aromatic rings. The van der Waals surface area contributed by atoms with Crippen molar-refractivity contribution in [3.8, 4) is 0 Å². The van der Waals surface area contributed by atoms with Crippen LogP contribution in [0.3, 0.4) is 0 Å². The molecule has 2 aliphatic heterocycles. The van der Waals surface area contributed by atoms with E-state index in [-0.39, 0.29) is 29.7 Å². The zero-order valence-electron chi connectivity index (χ0n) is 20.1. The van der Waals surface area contributed by atoms with E-state index in [0.717, 1.165) is 6.07 Å². The highest BCUT2D eigenvalue weighted by atomic mass is 19.1. The van der Waals surface area contributed by atoms with Gasteiger partial charge in [-0.05, 0) is 43.2 Å². The Morgan fingerprint density at radius 3 is 2.21 bits per heavy atom. The molecule has 1 unspecified atom stereocenters. The van der Waals surface area contributed by atoms with Crippen molar-refractivity contribution in [2.45, 2.75) is 45.3 Å². The van der Waals surface area contributed by atoms with Crippen LogP contribution in [-0.2, 0) is 10.4 Å². The zero-order valence-corrected chi connectivity index (χ0v) is 20.1. The van der Waals surface area contributed by atoms with Gasteiger partial charge in [-0.25, -0.2) is 13.2 Å². The topological polar surface area (TPSA) is 43.8 Å². The summed E-state index contributed by atoms with van der Waals surface area (Å²) in [6, 6.07) is 9.75. The SMILES string of the molecule is CC(C)N1C[C@@H](C(=O)N2C[C@@H](C)C(O)(c3cccc(F)c3)[C@@H](C)C2)[C@H](c2ccc(F)cc2F)C1. The quantitative estimate of drug-likeness (QED) is 0.708. The van der Waals surface area contributed by atoms with Gasteiger partial charge in [0, 0.05) is 56.0 Å². The van der Waals surface area contributed by atoms with Crippen LogP contribution in [0.25, 0.3) is 0 Å². The molecule has 0 spiro atoms. The summed E-state index contributed by atoms with van der Waals surface area (Å²) >= 11 is 0. The minimum absolute atomic E-state index is 0.0862. The van der Waals surface area contributed by atoms with Gasteiger partial charge in [0.25, 0.3) is 0 Å². The summed E-state index contributed by atoms with van der Waals surface area (Å²) in [5.41, 5.74) is -0.393. The number of nitrogens with zero attached hydrogens (tertiary/aromatic N) is 2. The number of likely N-dealkylation sites (tertiary alicyclic amines) is 2. The highest BCUT2D eigenvalue weighted by molar-refractivity contribution is 5.81. The zero-order chi connectivity index (χ0) is 24.8. The highest BCUT2D eigenvalue weighted by Gasteiger charge is 2.49. The largest absolute Gasteiger partial charge is 0.384 e. The Hall–Kier alpha value is -2.38. The number of carbonyl (C=O) groups excluding carboxylic acids is 1. The monoisotopic (exact) mass is 474 g/mol. The fourth-order valence-corrected chi connectivity index (χ4v) is 5.84. The van der Waals surface area contributed by atoms with Gasteiger partial charge in [0.15, 0.2) is 0 Å². The third-order valence-corrected chi connectivity index (χ3v) is 7.85. The summed E-state index contributed by atoms with van der Waals surface area (Å²) < 4.78 is 42.1. The standard InChI is InChI=1S/C27H33F3N2O2/c1-16(2)31-14-23(22-9-8-21(29)11-25(22)30)24(15-31)26(33)32-12-17(3)27(34,18(4)13-32)19-6-5-7-20(28)10-19/h5-11,16-18,23-24,34H,12-15H2,1-4H3/t17-,18+,23-,24+,27?/m0/s1. The first-order valence-corrected chi connectivity index (χ1v) is 12.0. The van der Waals surface area contributed by atoms with E-state index in [9.17, 15) is 23.1 Å². The van der Waals surface area contributed by atoms with Crippen LogP contribution in [0.1, 0.15) is 44.7 Å². The van der Waals surface area contributed by atoms with E-state index in [1.165, 1.54) is 24.3 Å². The van der Waals surface area contributed by atoms with Crippen molar-refractivity contribution in [1.29, 1.82) is 0 Å². The lowest BCUT2D eigenvalue weighted by atomic mass is 9.70. The normalized spacial score (nSPS) is 30.2. The van der Waals surface area contributed by atoms with E-state index in [1.54, 1.807) is 17.0 Å². The van der Waals surface area contributed by atoms with Crippen molar-refractivity contribution >= 4 is 5.91 Å². The van der Waals surface area contributed by atoms with Gasteiger partial charge in [-0.15, -0.1) is 0 Å². The van der Waals surface area contributed by atoms with Crippen molar-refractivity contribution in [3.05, 3.63) is 71.0 Å². The fraction of sp³-hybridized carbons (Fsp3) is 0.519. The van der Waals surface area contributed by atoms with Crippen LogP contribution >= 0.6 is 0 Å². The maximum Gasteiger partial charge on any atom is 0.227 e. The van der Waals surface area contributed by atoms with E-state index in [2.05, 4.69) is 4.90 Å². The molecule has 0 radical (unpaired) electrons. The summed E-state index contributed by atoms with van der Waals surface area (Å²) in [5.74, 6) is -3.28. The molecule has 2 heterocycles. The van der Waals surface area contributed by atoms with Crippen LogP contribution in [0.4, 0.5) is 13.2 Å². The van der Waals surface area contributed by atoms with Crippen molar-refractivity contribution in [1.82, 2.24) is 9.80 Å². The molecule has 0 bridgehead atoms. The molecule has 1 amide bonds. The number of hydrogen-bond acceptors (Lipinski definition) is 3. The van der Waals surface area contributed by atoms with Crippen LogP contribution in [0, 0.1) is 35.2 Å². The van der Waals surface area contributed by atoms with Crippen LogP contribution < -0.4 is 0 Å². The number of benzene rings is 2. The van der Waals surface area contributed by atoms with E-state index in [4.69, 9.17) is 0 Å². The first-order valence-electron chi connectivity index (χ1n) is 12.0. The van der Waals surface area contributed by atoms with Gasteiger partial charge in [-0.3, -0.25) is 9.69 Å². The molecule has 2 aliphatic rings. The Bertz CT molecular complexity index is 1050. The molecule has 2 fully saturated rings. The summed E-state index contributed by atoms with van der Waals surface area (Å²) in [6.07, 6.45) is 0. The second-order valence-electron chi connectivity index (χ2n) is 10.3. The van der Waals surface area contributed by atoms with Crippen molar-refractivity contribution < 1.29 is 23.1 Å². The van der Waals surface area contributed by atoms with E-state index >= 15 is 0 Å². The third kappa shape index (κ3) is 4.36. The Labute approximate surface area is 199 Å². The molecule has 2 saturated heterocycles. The average molecular weight is 475 g/mol. The van der Waals surface area contributed by atoms with Gasteiger partial charge in [0.05, 0.1) is 11.5 Å². The Morgan fingerprint density at radius 1 is 0.971 bits per heavy atom. The lowest BCUT2D eigenvalue weighted by Gasteiger charge is -2.48. The number of hydrogen-bond donors (Lipinski definition) is 1.